The van der Waals surface area contributed by atoms with E-state index in [1.54, 1.807) is 0 Å². The zero-order chi connectivity index (χ0) is 15.3. The summed E-state index contributed by atoms with van der Waals surface area (Å²) in [5.74, 6) is 1.49. The fraction of sp³-hybridized carbons (Fsp3) is 0.938. The van der Waals surface area contributed by atoms with E-state index >= 15 is 0 Å². The Morgan fingerprint density at radius 1 is 1.29 bits per heavy atom. The Morgan fingerprint density at radius 2 is 2.05 bits per heavy atom. The lowest BCUT2D eigenvalue weighted by molar-refractivity contribution is 0.146. The van der Waals surface area contributed by atoms with Gasteiger partial charge in [0.15, 0.2) is 5.96 Å². The highest BCUT2D eigenvalue weighted by molar-refractivity contribution is 5.77. The van der Waals surface area contributed by atoms with Gasteiger partial charge in [-0.3, -0.25) is 4.99 Å². The highest BCUT2D eigenvalue weighted by Crippen LogP contribution is 2.15. The largest absolute Gasteiger partial charge is 0.382 e. The normalized spacial score (nSPS) is 18.1. The number of unbranched alkanes of at least 4 members (excludes halogenated alkanes) is 1. The summed E-state index contributed by atoms with van der Waals surface area (Å²) < 4.78 is 5.26. The second-order valence-electron chi connectivity index (χ2n) is 5.98. The highest BCUT2D eigenvalue weighted by Gasteiger charge is 2.14. The molecule has 0 spiro atoms. The van der Waals surface area contributed by atoms with E-state index in [9.17, 15) is 0 Å². The molecule has 0 bridgehead atoms. The molecule has 0 aromatic rings. The molecule has 0 atom stereocenters. The lowest BCUT2D eigenvalue weighted by Gasteiger charge is -2.30. The average molecular weight is 298 g/mol. The molecule has 124 valence electrons. The summed E-state index contributed by atoms with van der Waals surface area (Å²) in [4.78, 5) is 6.87. The van der Waals surface area contributed by atoms with Gasteiger partial charge in [0.2, 0.25) is 0 Å². The maximum atomic E-state index is 5.82. The van der Waals surface area contributed by atoms with Gasteiger partial charge in [0, 0.05) is 26.3 Å². The van der Waals surface area contributed by atoms with Gasteiger partial charge >= 0.3 is 0 Å². The lowest BCUT2D eigenvalue weighted by atomic mass is 9.99. The third-order valence-corrected chi connectivity index (χ3v) is 4.02. The number of nitrogens with one attached hydrogen (secondary N) is 1. The van der Waals surface area contributed by atoms with Crippen LogP contribution in [0.5, 0.6) is 0 Å². The molecular weight excluding hydrogens is 264 g/mol. The number of hydrogen-bond donors (Lipinski definition) is 2. The van der Waals surface area contributed by atoms with Crippen LogP contribution in [0, 0.1) is 5.92 Å². The minimum atomic E-state index is 0.568. The molecule has 1 rings (SSSR count). The molecule has 5 nitrogen and oxygen atoms in total. The Balaban J connectivity index is 1.92. The fourth-order valence-corrected chi connectivity index (χ4v) is 2.53. The summed E-state index contributed by atoms with van der Waals surface area (Å²) in [5, 5.41) is 3.19. The quantitative estimate of drug-likeness (QED) is 0.367. The van der Waals surface area contributed by atoms with Crippen molar-refractivity contribution in [2.24, 2.45) is 16.6 Å². The summed E-state index contributed by atoms with van der Waals surface area (Å²) in [6.07, 6.45) is 6.04. The van der Waals surface area contributed by atoms with Crippen molar-refractivity contribution in [3.8, 4) is 0 Å². The molecule has 1 fully saturated rings. The van der Waals surface area contributed by atoms with E-state index in [2.05, 4.69) is 22.1 Å². The summed E-state index contributed by atoms with van der Waals surface area (Å²) in [6.45, 7) is 11.3. The Morgan fingerprint density at radius 3 is 2.76 bits per heavy atom. The monoisotopic (exact) mass is 298 g/mol. The molecule has 0 unspecified atom stereocenters. The number of ether oxygens (including phenoxy) is 1. The van der Waals surface area contributed by atoms with E-state index in [1.165, 1.54) is 38.9 Å². The number of guanidine groups is 1. The van der Waals surface area contributed by atoms with Gasteiger partial charge in [-0.1, -0.05) is 6.92 Å². The lowest BCUT2D eigenvalue weighted by Crippen LogP contribution is -2.35. The van der Waals surface area contributed by atoms with Crippen LogP contribution in [0.25, 0.3) is 0 Å². The molecule has 21 heavy (non-hydrogen) atoms. The average Bonchev–Trinajstić information content (AvgIpc) is 2.48. The molecule has 0 aromatic heterocycles. The number of piperidine rings is 1. The highest BCUT2D eigenvalue weighted by atomic mass is 16.5. The molecule has 0 amide bonds. The second kappa shape index (κ2) is 11.8. The van der Waals surface area contributed by atoms with Crippen molar-refractivity contribution in [3.05, 3.63) is 0 Å². The zero-order valence-corrected chi connectivity index (χ0v) is 13.9. The Hall–Kier alpha value is -0.810. The summed E-state index contributed by atoms with van der Waals surface area (Å²) in [6, 6.07) is 0. The van der Waals surface area contributed by atoms with Crippen LogP contribution in [0.1, 0.15) is 46.0 Å². The van der Waals surface area contributed by atoms with Crippen molar-refractivity contribution >= 4 is 5.96 Å². The van der Waals surface area contributed by atoms with Crippen molar-refractivity contribution in [1.82, 2.24) is 10.2 Å². The standard InChI is InChI=1S/C16H34N4O/c1-3-21-14-6-10-19-16(17)18-9-4-5-11-20-12-7-15(2)8-13-20/h15H,3-14H2,1-2H3,(H3,17,18,19). The van der Waals surface area contributed by atoms with Crippen molar-refractivity contribution in [2.45, 2.75) is 46.0 Å². The maximum Gasteiger partial charge on any atom is 0.188 e. The SMILES string of the molecule is CCOCCCN=C(N)NCCCCN1CCC(C)CC1. The Labute approximate surface area is 130 Å². The second-order valence-corrected chi connectivity index (χ2v) is 5.98. The third-order valence-electron chi connectivity index (χ3n) is 4.02. The van der Waals surface area contributed by atoms with Crippen LogP contribution in [0.15, 0.2) is 4.99 Å². The molecule has 0 saturated carbocycles. The first-order chi connectivity index (χ1) is 10.2. The van der Waals surface area contributed by atoms with Gasteiger partial charge in [-0.05, 0) is 64.6 Å². The molecule has 1 heterocycles. The van der Waals surface area contributed by atoms with Crippen LogP contribution < -0.4 is 11.1 Å². The van der Waals surface area contributed by atoms with Gasteiger partial charge in [-0.2, -0.15) is 0 Å². The van der Waals surface area contributed by atoms with Crippen LogP contribution >= 0.6 is 0 Å². The molecule has 5 heteroatoms. The Kier molecular flexibility index (Phi) is 10.3. The van der Waals surface area contributed by atoms with Crippen molar-refractivity contribution < 1.29 is 4.74 Å². The topological polar surface area (TPSA) is 62.9 Å². The van der Waals surface area contributed by atoms with Crippen LogP contribution in [0.4, 0.5) is 0 Å². The minimum Gasteiger partial charge on any atom is -0.382 e. The smallest absolute Gasteiger partial charge is 0.188 e. The van der Waals surface area contributed by atoms with E-state index in [0.717, 1.165) is 45.1 Å². The van der Waals surface area contributed by atoms with Crippen LogP contribution in [-0.2, 0) is 4.74 Å². The van der Waals surface area contributed by atoms with Gasteiger partial charge in [0.25, 0.3) is 0 Å². The van der Waals surface area contributed by atoms with E-state index in [4.69, 9.17) is 10.5 Å². The number of hydrogen-bond acceptors (Lipinski definition) is 3. The minimum absolute atomic E-state index is 0.568. The summed E-state index contributed by atoms with van der Waals surface area (Å²) >= 11 is 0. The van der Waals surface area contributed by atoms with Gasteiger partial charge in [0.05, 0.1) is 0 Å². The molecule has 3 N–H and O–H groups in total. The number of aliphatic imine (C=N–C) groups is 1. The number of nitrogens with two attached hydrogens (primary N) is 1. The fourth-order valence-electron chi connectivity index (χ4n) is 2.53. The zero-order valence-electron chi connectivity index (χ0n) is 13.9. The predicted molar refractivity (Wildman–Crippen MR) is 89.7 cm³/mol. The molecule has 0 aliphatic carbocycles. The van der Waals surface area contributed by atoms with Crippen molar-refractivity contribution in [2.75, 3.05) is 45.9 Å². The van der Waals surface area contributed by atoms with Gasteiger partial charge < -0.3 is 20.7 Å². The maximum absolute atomic E-state index is 5.82. The van der Waals surface area contributed by atoms with Crippen molar-refractivity contribution in [1.29, 1.82) is 0 Å². The predicted octanol–water partition coefficient (Wildman–Crippen LogP) is 1.83. The first-order valence-corrected chi connectivity index (χ1v) is 8.56. The summed E-state index contributed by atoms with van der Waals surface area (Å²) in [7, 11) is 0. The van der Waals surface area contributed by atoms with Gasteiger partial charge in [0.1, 0.15) is 0 Å². The first-order valence-electron chi connectivity index (χ1n) is 8.56. The number of rotatable bonds is 10. The van der Waals surface area contributed by atoms with Crippen LogP contribution in [0.2, 0.25) is 0 Å². The third kappa shape index (κ3) is 9.69. The summed E-state index contributed by atoms with van der Waals surface area (Å²) in [5.41, 5.74) is 5.82. The van der Waals surface area contributed by atoms with E-state index in [-0.39, 0.29) is 0 Å². The van der Waals surface area contributed by atoms with Crippen LogP contribution in [0.3, 0.4) is 0 Å². The number of nitrogens with zero attached hydrogens (tertiary/aromatic N) is 2. The number of likely N-dealkylation sites (tertiary alicyclic amines) is 1. The molecule has 1 aliphatic rings. The Bertz CT molecular complexity index is 275. The van der Waals surface area contributed by atoms with Crippen molar-refractivity contribution in [3.63, 3.8) is 0 Å². The first kappa shape index (κ1) is 18.2. The molecular formula is C16H34N4O. The van der Waals surface area contributed by atoms with E-state index in [0.29, 0.717) is 5.96 Å². The van der Waals surface area contributed by atoms with Gasteiger partial charge in [-0.25, -0.2) is 0 Å². The van der Waals surface area contributed by atoms with E-state index in [1.807, 2.05) is 6.92 Å². The molecule has 0 aromatic carbocycles. The van der Waals surface area contributed by atoms with Crippen LogP contribution in [-0.4, -0.2) is 56.8 Å². The van der Waals surface area contributed by atoms with Gasteiger partial charge in [-0.15, -0.1) is 0 Å². The molecule has 1 saturated heterocycles. The molecule has 0 radical (unpaired) electrons. The van der Waals surface area contributed by atoms with E-state index < -0.39 is 0 Å². The molecule has 1 aliphatic heterocycles.